The molecule has 2 amide bonds. The maximum absolute atomic E-state index is 12.1. The summed E-state index contributed by atoms with van der Waals surface area (Å²) in [6, 6.07) is 11.7. The van der Waals surface area contributed by atoms with Crippen molar-refractivity contribution in [1.29, 1.82) is 0 Å². The smallest absolute Gasteiger partial charge is 0.269 e. The predicted octanol–water partition coefficient (Wildman–Crippen LogP) is 3.22. The van der Waals surface area contributed by atoms with Crippen molar-refractivity contribution in [2.45, 2.75) is 51.2 Å². The Morgan fingerprint density at radius 3 is 2.71 bits per heavy atom. The van der Waals surface area contributed by atoms with Crippen LogP contribution in [0, 0.1) is 6.92 Å². The molecule has 9 nitrogen and oxygen atoms in total. The van der Waals surface area contributed by atoms with E-state index in [1.807, 2.05) is 43.3 Å². The van der Waals surface area contributed by atoms with Crippen molar-refractivity contribution in [1.82, 2.24) is 15.3 Å². The van der Waals surface area contributed by atoms with Crippen LogP contribution in [0.15, 0.2) is 42.6 Å². The summed E-state index contributed by atoms with van der Waals surface area (Å²) < 4.78 is 0. The van der Waals surface area contributed by atoms with E-state index in [9.17, 15) is 9.59 Å². The fourth-order valence-corrected chi connectivity index (χ4v) is 4.84. The highest BCUT2D eigenvalue weighted by molar-refractivity contribution is 5.99. The van der Waals surface area contributed by atoms with Crippen LogP contribution in [0.25, 0.3) is 11.1 Å². The lowest BCUT2D eigenvalue weighted by molar-refractivity contribution is 0.0963. The molecule has 2 aromatic heterocycles. The summed E-state index contributed by atoms with van der Waals surface area (Å²) in [6.45, 7) is 2.47. The lowest BCUT2D eigenvalue weighted by Gasteiger charge is -2.30. The summed E-state index contributed by atoms with van der Waals surface area (Å²) in [7, 11) is 0. The van der Waals surface area contributed by atoms with Crippen LogP contribution in [0.1, 0.15) is 57.8 Å². The summed E-state index contributed by atoms with van der Waals surface area (Å²) in [6.07, 6.45) is 5.87. The Morgan fingerprint density at radius 2 is 1.94 bits per heavy atom. The maximum atomic E-state index is 12.1. The van der Waals surface area contributed by atoms with Gasteiger partial charge in [-0.15, -0.1) is 0 Å². The Bertz CT molecular complexity index is 1310. The number of benzene rings is 1. The van der Waals surface area contributed by atoms with Gasteiger partial charge in [0, 0.05) is 35.4 Å². The van der Waals surface area contributed by atoms with E-state index in [4.69, 9.17) is 11.5 Å². The van der Waals surface area contributed by atoms with E-state index in [-0.39, 0.29) is 23.7 Å². The molecule has 0 bridgehead atoms. The summed E-state index contributed by atoms with van der Waals surface area (Å²) in [5.41, 5.74) is 17.6. The molecule has 0 saturated heterocycles. The number of amides is 2. The van der Waals surface area contributed by atoms with Gasteiger partial charge in [0.2, 0.25) is 0 Å². The average Bonchev–Trinajstić information content (AvgIpc) is 3.21. The normalized spacial score (nSPS) is 19.1. The first-order valence-electron chi connectivity index (χ1n) is 11.9. The van der Waals surface area contributed by atoms with Crippen molar-refractivity contribution < 1.29 is 9.59 Å². The number of pyridine rings is 2. The van der Waals surface area contributed by atoms with E-state index in [1.165, 1.54) is 0 Å². The first-order chi connectivity index (χ1) is 16.9. The number of nitrogens with two attached hydrogens (primary N) is 2. The number of aryl methyl sites for hydroxylation is 1. The Labute approximate surface area is 203 Å². The number of carbonyl (C=O) groups excluding carboxylic acids is 2. The van der Waals surface area contributed by atoms with Crippen LogP contribution in [0.5, 0.6) is 0 Å². The fourth-order valence-electron chi connectivity index (χ4n) is 4.84. The fraction of sp³-hybridized carbons (Fsp3) is 0.308. The summed E-state index contributed by atoms with van der Waals surface area (Å²) in [5, 5.41) is 9.50. The third kappa shape index (κ3) is 4.67. The molecule has 9 heteroatoms. The minimum Gasteiger partial charge on any atom is -0.379 e. The molecule has 1 aromatic carbocycles. The Kier molecular flexibility index (Phi) is 6.08. The molecule has 0 radical (unpaired) electrons. The topological polar surface area (TPSA) is 148 Å². The molecule has 2 atom stereocenters. The number of carbonyl (C=O) groups is 2. The second-order valence-electron chi connectivity index (χ2n) is 9.19. The van der Waals surface area contributed by atoms with Crippen LogP contribution in [0.4, 0.5) is 17.2 Å². The summed E-state index contributed by atoms with van der Waals surface area (Å²) in [4.78, 5) is 33.0. The molecule has 5 rings (SSSR count). The first-order valence-corrected chi connectivity index (χ1v) is 11.9. The molecule has 1 aliphatic heterocycles. The van der Waals surface area contributed by atoms with Crippen LogP contribution in [-0.4, -0.2) is 33.9 Å². The zero-order valence-corrected chi connectivity index (χ0v) is 19.6. The van der Waals surface area contributed by atoms with Gasteiger partial charge < -0.3 is 27.4 Å². The zero-order valence-electron chi connectivity index (χ0n) is 19.6. The molecule has 0 unspecified atom stereocenters. The molecule has 3 heterocycles. The van der Waals surface area contributed by atoms with Gasteiger partial charge >= 0.3 is 0 Å². The molecule has 35 heavy (non-hydrogen) atoms. The highest BCUT2D eigenvalue weighted by Crippen LogP contribution is 2.30. The van der Waals surface area contributed by atoms with Crippen LogP contribution < -0.4 is 27.4 Å². The van der Waals surface area contributed by atoms with E-state index < -0.39 is 5.91 Å². The lowest BCUT2D eigenvalue weighted by atomic mass is 9.91. The minimum absolute atomic E-state index is 0.0556. The minimum atomic E-state index is -0.627. The number of hydrogen-bond donors (Lipinski definition) is 5. The summed E-state index contributed by atoms with van der Waals surface area (Å²) >= 11 is 0. The van der Waals surface area contributed by atoms with E-state index in [0.29, 0.717) is 23.6 Å². The monoisotopic (exact) mass is 471 g/mol. The van der Waals surface area contributed by atoms with E-state index >= 15 is 0 Å². The number of rotatable bonds is 6. The van der Waals surface area contributed by atoms with E-state index in [0.717, 1.165) is 53.8 Å². The van der Waals surface area contributed by atoms with Crippen molar-refractivity contribution in [2.75, 3.05) is 10.6 Å². The van der Waals surface area contributed by atoms with Gasteiger partial charge in [0.1, 0.15) is 5.82 Å². The molecule has 0 spiro atoms. The number of fused-ring (bicyclic) bond motifs is 1. The quantitative estimate of drug-likeness (QED) is 0.371. The number of nitrogens with zero attached hydrogens (tertiary/aromatic N) is 2. The van der Waals surface area contributed by atoms with Gasteiger partial charge in [0.15, 0.2) is 5.69 Å². The van der Waals surface area contributed by atoms with Gasteiger partial charge in [-0.3, -0.25) is 9.59 Å². The largest absolute Gasteiger partial charge is 0.379 e. The standard InChI is InChI=1S/C26H29N7O2/c1-14-18(15-6-7-16-12-30-26(35)19(16)10-15)8-9-23(31-14)33-22-11-17(13-29-24(22)25(28)34)32-21-5-3-2-4-20(21)27/h6-11,13,20-21,32H,2-5,12,27H2,1H3,(H2,28,34)(H,30,35)(H,31,33)/t20-,21+/m0/s1. The lowest BCUT2D eigenvalue weighted by Crippen LogP contribution is -2.42. The van der Waals surface area contributed by atoms with Gasteiger partial charge in [0.25, 0.3) is 11.8 Å². The molecule has 3 aromatic rings. The molecular formula is C26H29N7O2. The molecule has 7 N–H and O–H groups in total. The number of hydrogen-bond acceptors (Lipinski definition) is 7. The number of anilines is 3. The number of nitrogens with one attached hydrogen (secondary N) is 3. The van der Waals surface area contributed by atoms with Crippen molar-refractivity contribution >= 4 is 29.0 Å². The SMILES string of the molecule is Cc1nc(Nc2cc(N[C@@H]3CCCC[C@@H]3N)cnc2C(N)=O)ccc1-c1ccc2c(c1)C(=O)NC2. The van der Waals surface area contributed by atoms with Crippen molar-refractivity contribution in [2.24, 2.45) is 11.5 Å². The Hall–Kier alpha value is -3.98. The zero-order chi connectivity index (χ0) is 24.5. The van der Waals surface area contributed by atoms with Crippen molar-refractivity contribution in [3.05, 3.63) is 65.1 Å². The molecule has 1 fully saturated rings. The third-order valence-corrected chi connectivity index (χ3v) is 6.75. The van der Waals surface area contributed by atoms with Crippen LogP contribution in [0.3, 0.4) is 0 Å². The van der Waals surface area contributed by atoms with E-state index in [2.05, 4.69) is 25.9 Å². The van der Waals surface area contributed by atoms with Gasteiger partial charge in [-0.25, -0.2) is 9.97 Å². The van der Waals surface area contributed by atoms with Gasteiger partial charge in [-0.05, 0) is 55.2 Å². The second kappa shape index (κ2) is 9.34. The average molecular weight is 472 g/mol. The molecule has 1 saturated carbocycles. The van der Waals surface area contributed by atoms with Crippen LogP contribution in [0.2, 0.25) is 0 Å². The van der Waals surface area contributed by atoms with Crippen LogP contribution in [-0.2, 0) is 6.54 Å². The van der Waals surface area contributed by atoms with Crippen molar-refractivity contribution in [3.63, 3.8) is 0 Å². The van der Waals surface area contributed by atoms with Crippen LogP contribution >= 0.6 is 0 Å². The highest BCUT2D eigenvalue weighted by atomic mass is 16.2. The number of aromatic nitrogens is 2. The number of primary amides is 1. The van der Waals surface area contributed by atoms with Gasteiger partial charge in [-0.2, -0.15) is 0 Å². The van der Waals surface area contributed by atoms with Gasteiger partial charge in [-0.1, -0.05) is 25.0 Å². The van der Waals surface area contributed by atoms with Gasteiger partial charge in [0.05, 0.1) is 17.6 Å². The molecular weight excluding hydrogens is 442 g/mol. The Morgan fingerprint density at radius 1 is 1.11 bits per heavy atom. The molecule has 180 valence electrons. The molecule has 1 aliphatic carbocycles. The maximum Gasteiger partial charge on any atom is 0.269 e. The highest BCUT2D eigenvalue weighted by Gasteiger charge is 2.23. The Balaban J connectivity index is 1.40. The third-order valence-electron chi connectivity index (χ3n) is 6.75. The first kappa shape index (κ1) is 22.8. The second-order valence-corrected chi connectivity index (χ2v) is 9.19. The summed E-state index contributed by atoms with van der Waals surface area (Å²) in [5.74, 6) is -0.126. The predicted molar refractivity (Wildman–Crippen MR) is 135 cm³/mol. The molecule has 2 aliphatic rings. The van der Waals surface area contributed by atoms with E-state index in [1.54, 1.807) is 6.20 Å². The van der Waals surface area contributed by atoms with Crippen molar-refractivity contribution in [3.8, 4) is 11.1 Å².